The van der Waals surface area contributed by atoms with Crippen LogP contribution in [0.2, 0.25) is 5.02 Å². The molecular weight excluding hydrogens is 352 g/mol. The van der Waals surface area contributed by atoms with Crippen molar-refractivity contribution in [3.8, 4) is 0 Å². The third-order valence-electron chi connectivity index (χ3n) is 2.10. The minimum atomic E-state index is -1.34. The Morgan fingerprint density at radius 3 is 2.75 bits per heavy atom. The summed E-state index contributed by atoms with van der Waals surface area (Å²) in [6, 6.07) is 0. The Hall–Kier alpha value is -0.500. The molecule has 0 saturated carbocycles. The molecule has 2 rings (SSSR count). The molecule has 0 bridgehead atoms. The van der Waals surface area contributed by atoms with Gasteiger partial charge in [0.05, 0.1) is 0 Å². The Bertz CT molecular complexity index is 440. The SMILES string of the molecule is O=C(NI1CCC1)c1cnc(F)c(F)c1Cl. The van der Waals surface area contributed by atoms with Crippen LogP contribution < -0.4 is 3.53 Å². The first-order chi connectivity index (χ1) is 7.59. The summed E-state index contributed by atoms with van der Waals surface area (Å²) in [5.74, 6) is -3.00. The van der Waals surface area contributed by atoms with Gasteiger partial charge in [-0.3, -0.25) is 0 Å². The van der Waals surface area contributed by atoms with Gasteiger partial charge < -0.3 is 0 Å². The molecule has 1 aromatic rings. The van der Waals surface area contributed by atoms with Gasteiger partial charge in [0.2, 0.25) is 0 Å². The number of rotatable bonds is 2. The Labute approximate surface area is 103 Å². The maximum atomic E-state index is 13.0. The molecule has 1 amide bonds. The first-order valence-corrected chi connectivity index (χ1v) is 9.02. The first kappa shape index (κ1) is 12.0. The van der Waals surface area contributed by atoms with E-state index in [1.54, 1.807) is 0 Å². The van der Waals surface area contributed by atoms with Crippen molar-refractivity contribution in [1.82, 2.24) is 8.51 Å². The molecular formula is C9H8ClF2IN2O. The van der Waals surface area contributed by atoms with Gasteiger partial charge in [-0.2, -0.15) is 0 Å². The molecule has 0 aromatic carbocycles. The van der Waals surface area contributed by atoms with Crippen LogP contribution in [0.1, 0.15) is 16.8 Å². The number of alkyl halides is 2. The van der Waals surface area contributed by atoms with Crippen LogP contribution in [0, 0.1) is 11.8 Å². The molecule has 0 atom stereocenters. The summed E-state index contributed by atoms with van der Waals surface area (Å²) in [5, 5.41) is -0.499. The summed E-state index contributed by atoms with van der Waals surface area (Å²) in [6.07, 6.45) is 2.10. The fourth-order valence-corrected chi connectivity index (χ4v) is 4.40. The summed E-state index contributed by atoms with van der Waals surface area (Å²) in [6.45, 7) is 0. The van der Waals surface area contributed by atoms with Gasteiger partial charge in [0.25, 0.3) is 0 Å². The fourth-order valence-electron chi connectivity index (χ4n) is 1.14. The van der Waals surface area contributed by atoms with Gasteiger partial charge in [-0.1, -0.05) is 0 Å². The molecule has 1 N–H and O–H groups in total. The van der Waals surface area contributed by atoms with E-state index >= 15 is 0 Å². The Morgan fingerprint density at radius 2 is 2.19 bits per heavy atom. The zero-order chi connectivity index (χ0) is 11.7. The van der Waals surface area contributed by atoms with Crippen LogP contribution in [-0.4, -0.2) is 19.7 Å². The van der Waals surface area contributed by atoms with E-state index in [-0.39, 0.29) is 5.56 Å². The maximum absolute atomic E-state index is 13.0. The predicted octanol–water partition coefficient (Wildman–Crippen LogP) is 2.57. The molecule has 0 radical (unpaired) electrons. The van der Waals surface area contributed by atoms with Gasteiger partial charge in [0.1, 0.15) is 0 Å². The quantitative estimate of drug-likeness (QED) is 0.381. The number of aromatic nitrogens is 1. The van der Waals surface area contributed by atoms with Crippen molar-refractivity contribution >= 4 is 37.6 Å². The summed E-state index contributed by atoms with van der Waals surface area (Å²) in [4.78, 5) is 14.8. The second-order valence-corrected chi connectivity index (χ2v) is 8.88. The van der Waals surface area contributed by atoms with Crippen LogP contribution in [0.5, 0.6) is 0 Å². The molecule has 7 heteroatoms. The molecule has 3 nitrogen and oxygen atoms in total. The molecule has 1 aliphatic rings. The molecule has 1 aromatic heterocycles. The molecule has 0 spiro atoms. The average Bonchev–Trinajstić information content (AvgIpc) is 2.20. The number of halogens is 4. The molecule has 16 heavy (non-hydrogen) atoms. The summed E-state index contributed by atoms with van der Waals surface area (Å²) >= 11 is 4.20. The number of hydrogen-bond acceptors (Lipinski definition) is 2. The van der Waals surface area contributed by atoms with Gasteiger partial charge in [-0.25, -0.2) is 0 Å². The molecule has 88 valence electrons. The van der Waals surface area contributed by atoms with Crippen LogP contribution in [0.4, 0.5) is 8.78 Å². The Morgan fingerprint density at radius 1 is 1.50 bits per heavy atom. The Balaban J connectivity index is 2.19. The van der Waals surface area contributed by atoms with Crippen molar-refractivity contribution in [1.29, 1.82) is 0 Å². The summed E-state index contributed by atoms with van der Waals surface area (Å²) in [5.41, 5.74) is -0.0928. The van der Waals surface area contributed by atoms with E-state index in [0.29, 0.717) is 0 Å². The monoisotopic (exact) mass is 360 g/mol. The van der Waals surface area contributed by atoms with Crippen molar-refractivity contribution in [3.63, 3.8) is 0 Å². The van der Waals surface area contributed by atoms with Crippen LogP contribution in [0.3, 0.4) is 0 Å². The average molecular weight is 361 g/mol. The van der Waals surface area contributed by atoms with E-state index in [1.165, 1.54) is 0 Å². The van der Waals surface area contributed by atoms with Crippen molar-refractivity contribution in [3.05, 3.63) is 28.5 Å². The van der Waals surface area contributed by atoms with E-state index in [1.807, 2.05) is 0 Å². The number of nitrogens with one attached hydrogen (secondary N) is 1. The van der Waals surface area contributed by atoms with Crippen LogP contribution in [0.25, 0.3) is 0 Å². The van der Waals surface area contributed by atoms with Gasteiger partial charge in [0, 0.05) is 0 Å². The van der Waals surface area contributed by atoms with Gasteiger partial charge >= 0.3 is 104 Å². The molecule has 1 fully saturated rings. The Kier molecular flexibility index (Phi) is 3.58. The van der Waals surface area contributed by atoms with Crippen molar-refractivity contribution in [2.75, 3.05) is 8.86 Å². The summed E-state index contributed by atoms with van der Waals surface area (Å²) in [7, 11) is 0. The predicted molar refractivity (Wildman–Crippen MR) is 65.0 cm³/mol. The van der Waals surface area contributed by atoms with E-state index in [0.717, 1.165) is 21.5 Å². The fraction of sp³-hybridized carbons (Fsp3) is 0.333. The van der Waals surface area contributed by atoms with E-state index < -0.39 is 42.8 Å². The van der Waals surface area contributed by atoms with Crippen LogP contribution >= 0.6 is 31.7 Å². The van der Waals surface area contributed by atoms with E-state index in [2.05, 4.69) is 8.51 Å². The number of pyridine rings is 1. The van der Waals surface area contributed by atoms with E-state index in [9.17, 15) is 13.6 Å². The first-order valence-electron chi connectivity index (χ1n) is 4.52. The molecule has 0 unspecified atom stereocenters. The van der Waals surface area contributed by atoms with Gasteiger partial charge in [0.15, 0.2) is 0 Å². The third kappa shape index (κ3) is 2.27. The second kappa shape index (κ2) is 4.79. The van der Waals surface area contributed by atoms with Crippen molar-refractivity contribution < 1.29 is 13.6 Å². The van der Waals surface area contributed by atoms with Crippen LogP contribution in [-0.2, 0) is 0 Å². The topological polar surface area (TPSA) is 42.0 Å². The summed E-state index contributed by atoms with van der Waals surface area (Å²) < 4.78 is 30.7. The minimum absolute atomic E-state index is 0.0928. The van der Waals surface area contributed by atoms with Gasteiger partial charge in [-0.15, -0.1) is 0 Å². The van der Waals surface area contributed by atoms with Crippen LogP contribution in [0.15, 0.2) is 6.20 Å². The number of carbonyl (C=O) groups is 1. The normalized spacial score (nSPS) is 16.8. The molecule has 1 aliphatic heterocycles. The van der Waals surface area contributed by atoms with Gasteiger partial charge in [-0.05, 0) is 0 Å². The van der Waals surface area contributed by atoms with Crippen molar-refractivity contribution in [2.24, 2.45) is 0 Å². The zero-order valence-electron chi connectivity index (χ0n) is 8.07. The molecule has 2 heterocycles. The van der Waals surface area contributed by atoms with Crippen molar-refractivity contribution in [2.45, 2.75) is 6.42 Å². The second-order valence-electron chi connectivity index (χ2n) is 3.20. The third-order valence-corrected chi connectivity index (χ3v) is 7.86. The zero-order valence-corrected chi connectivity index (χ0v) is 11.0. The number of hydrogen-bond donors (Lipinski definition) is 1. The number of amides is 1. The van der Waals surface area contributed by atoms with E-state index in [4.69, 9.17) is 11.6 Å². The number of carbonyl (C=O) groups excluding carboxylic acids is 1. The molecule has 0 aliphatic carbocycles. The standard InChI is InChI=1S/C9H8ClF2IN2O/c10-6-5(4-14-8(12)7(6)11)9(16)15-13-2-1-3-13/h4H,1-3H2,(H,15,16). The molecule has 1 saturated heterocycles. The number of nitrogens with zero attached hydrogens (tertiary/aromatic N) is 1.